The molecule has 98 valence electrons. The molecule has 7 heteroatoms. The van der Waals surface area contributed by atoms with Crippen LogP contribution < -0.4 is 4.74 Å². The second kappa shape index (κ2) is 5.54. The number of aromatic carboxylic acids is 1. The zero-order valence-electron chi connectivity index (χ0n) is 9.72. The fourth-order valence-electron chi connectivity index (χ4n) is 1.36. The van der Waals surface area contributed by atoms with Gasteiger partial charge in [-0.2, -0.15) is 4.98 Å². The van der Waals surface area contributed by atoms with Crippen LogP contribution in [0.5, 0.6) is 11.8 Å². The summed E-state index contributed by atoms with van der Waals surface area (Å²) in [5.74, 6) is -0.580. The van der Waals surface area contributed by atoms with Gasteiger partial charge in [0.25, 0.3) is 0 Å². The van der Waals surface area contributed by atoms with E-state index in [1.165, 1.54) is 6.20 Å². The van der Waals surface area contributed by atoms with Gasteiger partial charge in [-0.1, -0.05) is 11.6 Å². The van der Waals surface area contributed by atoms with Gasteiger partial charge in [0, 0.05) is 11.2 Å². The molecule has 2 rings (SSSR count). The Morgan fingerprint density at radius 2 is 2.21 bits per heavy atom. The Morgan fingerprint density at radius 1 is 1.47 bits per heavy atom. The van der Waals surface area contributed by atoms with Crippen molar-refractivity contribution in [3.63, 3.8) is 0 Å². The van der Waals surface area contributed by atoms with Crippen molar-refractivity contribution in [2.75, 3.05) is 0 Å². The van der Waals surface area contributed by atoms with Crippen molar-refractivity contribution in [2.45, 2.75) is 6.92 Å². The van der Waals surface area contributed by atoms with Crippen LogP contribution in [-0.2, 0) is 0 Å². The number of aromatic nitrogens is 2. The molecule has 0 saturated carbocycles. The quantitative estimate of drug-likeness (QED) is 0.920. The Morgan fingerprint density at radius 3 is 2.79 bits per heavy atom. The predicted octanol–water partition coefficient (Wildman–Crippen LogP) is 3.69. The van der Waals surface area contributed by atoms with Crippen LogP contribution in [0.15, 0.2) is 28.9 Å². The number of aryl methyl sites for hydroxylation is 1. The highest BCUT2D eigenvalue weighted by atomic mass is 79.9. The molecule has 1 heterocycles. The molecular formula is C12H8BrClN2O3. The third-order valence-electron chi connectivity index (χ3n) is 2.28. The Balaban J connectivity index is 2.29. The fourth-order valence-corrected chi connectivity index (χ4v) is 2.12. The lowest BCUT2D eigenvalue weighted by Crippen LogP contribution is -2.04. The third kappa shape index (κ3) is 3.21. The number of carboxylic acids is 1. The molecule has 0 unspecified atom stereocenters. The van der Waals surface area contributed by atoms with E-state index in [0.717, 1.165) is 0 Å². The number of benzene rings is 1. The molecule has 0 atom stereocenters. The van der Waals surface area contributed by atoms with Crippen LogP contribution in [0, 0.1) is 6.92 Å². The summed E-state index contributed by atoms with van der Waals surface area (Å²) in [6.07, 6.45) is 1.21. The number of ether oxygens (including phenoxy) is 1. The second-order valence-electron chi connectivity index (χ2n) is 3.63. The first-order chi connectivity index (χ1) is 8.97. The van der Waals surface area contributed by atoms with E-state index < -0.39 is 5.97 Å². The van der Waals surface area contributed by atoms with Crippen LogP contribution >= 0.6 is 27.5 Å². The molecule has 0 aliphatic heterocycles. The van der Waals surface area contributed by atoms with Gasteiger partial charge in [0.05, 0.1) is 15.7 Å². The number of hydrogen-bond donors (Lipinski definition) is 1. The molecule has 2 aromatic rings. The van der Waals surface area contributed by atoms with Crippen molar-refractivity contribution >= 4 is 33.5 Å². The van der Waals surface area contributed by atoms with E-state index in [2.05, 4.69) is 25.9 Å². The van der Waals surface area contributed by atoms with Gasteiger partial charge < -0.3 is 9.84 Å². The molecule has 19 heavy (non-hydrogen) atoms. The van der Waals surface area contributed by atoms with Crippen molar-refractivity contribution in [3.8, 4) is 11.8 Å². The summed E-state index contributed by atoms with van der Waals surface area (Å²) in [6, 6.07) is 5.08. The smallest absolute Gasteiger partial charge is 0.339 e. The molecule has 0 aliphatic carbocycles. The first kappa shape index (κ1) is 13.8. The lowest BCUT2D eigenvalue weighted by atomic mass is 10.2. The van der Waals surface area contributed by atoms with Crippen molar-refractivity contribution in [3.05, 3.63) is 45.1 Å². The molecule has 0 bridgehead atoms. The molecular weight excluding hydrogens is 336 g/mol. The number of rotatable bonds is 3. The number of nitrogens with zero attached hydrogens (tertiary/aromatic N) is 2. The highest BCUT2D eigenvalue weighted by molar-refractivity contribution is 9.10. The van der Waals surface area contributed by atoms with Crippen LogP contribution in [0.4, 0.5) is 0 Å². The summed E-state index contributed by atoms with van der Waals surface area (Å²) in [7, 11) is 0. The van der Waals surface area contributed by atoms with Crippen molar-refractivity contribution in [2.24, 2.45) is 0 Å². The molecule has 0 radical (unpaired) electrons. The lowest BCUT2D eigenvalue weighted by molar-refractivity contribution is 0.0695. The van der Waals surface area contributed by atoms with Crippen LogP contribution in [0.1, 0.15) is 16.1 Å². The maximum atomic E-state index is 10.8. The maximum absolute atomic E-state index is 10.8. The van der Waals surface area contributed by atoms with E-state index in [1.807, 2.05) is 0 Å². The van der Waals surface area contributed by atoms with Gasteiger partial charge in [-0.3, -0.25) is 0 Å². The minimum Gasteiger partial charge on any atom is -0.478 e. The number of hydrogen-bond acceptors (Lipinski definition) is 4. The topological polar surface area (TPSA) is 72.3 Å². The van der Waals surface area contributed by atoms with Gasteiger partial charge in [0.2, 0.25) is 0 Å². The first-order valence-corrected chi connectivity index (χ1v) is 6.34. The molecule has 0 spiro atoms. The zero-order valence-corrected chi connectivity index (χ0v) is 12.1. The minimum atomic E-state index is -1.07. The van der Waals surface area contributed by atoms with Crippen LogP contribution in [0.3, 0.4) is 0 Å². The van der Waals surface area contributed by atoms with E-state index in [9.17, 15) is 4.79 Å². The largest absolute Gasteiger partial charge is 0.478 e. The van der Waals surface area contributed by atoms with E-state index >= 15 is 0 Å². The molecule has 1 aromatic carbocycles. The van der Waals surface area contributed by atoms with E-state index in [4.69, 9.17) is 21.4 Å². The fraction of sp³-hybridized carbons (Fsp3) is 0.0833. The molecule has 0 saturated heterocycles. The summed E-state index contributed by atoms with van der Waals surface area (Å²) in [5, 5.41) is 9.45. The highest BCUT2D eigenvalue weighted by Gasteiger charge is 2.12. The minimum absolute atomic E-state index is 0.0440. The summed E-state index contributed by atoms with van der Waals surface area (Å²) in [4.78, 5) is 18.7. The molecule has 5 nitrogen and oxygen atoms in total. The SMILES string of the molecule is Cc1nc(Oc2ccc(Cl)cc2Br)ncc1C(=O)O. The summed E-state index contributed by atoms with van der Waals surface area (Å²) >= 11 is 9.12. The Bertz CT molecular complexity index is 649. The average molecular weight is 344 g/mol. The second-order valence-corrected chi connectivity index (χ2v) is 4.92. The van der Waals surface area contributed by atoms with Gasteiger partial charge in [-0.25, -0.2) is 9.78 Å². The van der Waals surface area contributed by atoms with Gasteiger partial charge in [0.15, 0.2) is 0 Å². The molecule has 0 amide bonds. The Hall–Kier alpha value is -1.66. The normalized spacial score (nSPS) is 10.3. The van der Waals surface area contributed by atoms with E-state index in [1.54, 1.807) is 25.1 Å². The lowest BCUT2D eigenvalue weighted by Gasteiger charge is -2.07. The van der Waals surface area contributed by atoms with Crippen molar-refractivity contribution in [1.82, 2.24) is 9.97 Å². The summed E-state index contributed by atoms with van der Waals surface area (Å²) in [5.41, 5.74) is 0.380. The highest BCUT2D eigenvalue weighted by Crippen LogP contribution is 2.30. The molecule has 0 fully saturated rings. The maximum Gasteiger partial charge on any atom is 0.339 e. The van der Waals surface area contributed by atoms with Crippen LogP contribution in [0.2, 0.25) is 5.02 Å². The third-order valence-corrected chi connectivity index (χ3v) is 3.14. The average Bonchev–Trinajstić information content (AvgIpc) is 2.32. The standard InChI is InChI=1S/C12H8BrClN2O3/c1-6-8(11(17)18)5-15-12(16-6)19-10-3-2-7(14)4-9(10)13/h2-5H,1H3,(H,17,18). The summed E-state index contributed by atoms with van der Waals surface area (Å²) < 4.78 is 6.12. The molecule has 1 aromatic heterocycles. The van der Waals surface area contributed by atoms with E-state index in [0.29, 0.717) is 20.9 Å². The zero-order chi connectivity index (χ0) is 14.0. The van der Waals surface area contributed by atoms with Crippen LogP contribution in [-0.4, -0.2) is 21.0 Å². The van der Waals surface area contributed by atoms with Crippen molar-refractivity contribution in [1.29, 1.82) is 0 Å². The molecule has 1 N–H and O–H groups in total. The van der Waals surface area contributed by atoms with Gasteiger partial charge >= 0.3 is 12.0 Å². The number of carboxylic acid groups (broad SMARTS) is 1. The van der Waals surface area contributed by atoms with Gasteiger partial charge in [0.1, 0.15) is 5.75 Å². The van der Waals surface area contributed by atoms with Crippen LogP contribution in [0.25, 0.3) is 0 Å². The number of carbonyl (C=O) groups is 1. The summed E-state index contributed by atoms with van der Waals surface area (Å²) in [6.45, 7) is 1.58. The molecule has 0 aliphatic rings. The first-order valence-electron chi connectivity index (χ1n) is 5.17. The van der Waals surface area contributed by atoms with Gasteiger partial charge in [-0.05, 0) is 41.1 Å². The van der Waals surface area contributed by atoms with Gasteiger partial charge in [-0.15, -0.1) is 0 Å². The van der Waals surface area contributed by atoms with Crippen molar-refractivity contribution < 1.29 is 14.6 Å². The number of halogens is 2. The Labute approximate surface area is 122 Å². The van der Waals surface area contributed by atoms with E-state index in [-0.39, 0.29) is 11.6 Å². The predicted molar refractivity (Wildman–Crippen MR) is 73.0 cm³/mol. The monoisotopic (exact) mass is 342 g/mol. The Kier molecular flexibility index (Phi) is 4.01.